The van der Waals surface area contributed by atoms with E-state index in [-0.39, 0.29) is 6.61 Å². The molecule has 1 aromatic carbocycles. The molecule has 31 heavy (non-hydrogen) atoms. The lowest BCUT2D eigenvalue weighted by Gasteiger charge is -2.21. The minimum absolute atomic E-state index is 0.00204. The molecule has 0 radical (unpaired) electrons. The quantitative estimate of drug-likeness (QED) is 0.564. The van der Waals surface area contributed by atoms with Crippen LogP contribution in [0.2, 0.25) is 0 Å². The minimum atomic E-state index is -0.438. The van der Waals surface area contributed by atoms with Crippen LogP contribution >= 0.6 is 0 Å². The second-order valence-corrected chi connectivity index (χ2v) is 8.13. The lowest BCUT2D eigenvalue weighted by atomic mass is 9.83. The molecule has 1 aliphatic heterocycles. The number of nitrogens with one attached hydrogen (secondary N) is 2. The summed E-state index contributed by atoms with van der Waals surface area (Å²) in [6, 6.07) is 7.94. The molecule has 0 saturated heterocycles. The maximum absolute atomic E-state index is 9.94. The summed E-state index contributed by atoms with van der Waals surface area (Å²) in [7, 11) is 1.91. The summed E-state index contributed by atoms with van der Waals surface area (Å²) in [6.45, 7) is 6.78. The van der Waals surface area contributed by atoms with Gasteiger partial charge in [-0.1, -0.05) is 20.8 Å². The Balaban J connectivity index is 1.75. The van der Waals surface area contributed by atoms with Gasteiger partial charge in [0.1, 0.15) is 11.9 Å². The van der Waals surface area contributed by atoms with Gasteiger partial charge in [0.05, 0.1) is 29.2 Å². The number of nitrogens with zero attached hydrogens (tertiary/aromatic N) is 5. The van der Waals surface area contributed by atoms with Crippen molar-refractivity contribution in [3.63, 3.8) is 0 Å². The Kier molecular flexibility index (Phi) is 5.38. The molecule has 0 bridgehead atoms. The fraction of sp³-hybridized carbons (Fsp3) is 0.391. The second-order valence-electron chi connectivity index (χ2n) is 8.13. The lowest BCUT2D eigenvalue weighted by molar-refractivity contribution is 0.219. The van der Waals surface area contributed by atoms with Gasteiger partial charge in [0, 0.05) is 36.3 Å². The molecule has 0 fully saturated rings. The number of hydrogen-bond donors (Lipinski definition) is 3. The molecule has 3 N–H and O–H groups in total. The van der Waals surface area contributed by atoms with Crippen molar-refractivity contribution in [1.82, 2.24) is 19.7 Å². The number of benzene rings is 1. The predicted octanol–water partition coefficient (Wildman–Crippen LogP) is 3.29. The van der Waals surface area contributed by atoms with Crippen LogP contribution in [0.4, 0.5) is 17.5 Å². The van der Waals surface area contributed by atoms with Gasteiger partial charge in [-0.2, -0.15) is 10.4 Å². The van der Waals surface area contributed by atoms with Gasteiger partial charge in [0.25, 0.3) is 0 Å². The van der Waals surface area contributed by atoms with Gasteiger partial charge in [0.15, 0.2) is 0 Å². The van der Waals surface area contributed by atoms with E-state index in [0.717, 1.165) is 46.7 Å². The van der Waals surface area contributed by atoms with Crippen LogP contribution in [0.25, 0.3) is 11.3 Å². The van der Waals surface area contributed by atoms with Gasteiger partial charge in [-0.15, -0.1) is 0 Å². The summed E-state index contributed by atoms with van der Waals surface area (Å²) in [6.07, 6.45) is 3.43. The van der Waals surface area contributed by atoms with Gasteiger partial charge >= 0.3 is 0 Å². The molecule has 160 valence electrons. The van der Waals surface area contributed by atoms with Crippen LogP contribution in [0.15, 0.2) is 24.4 Å². The van der Waals surface area contributed by atoms with Crippen LogP contribution in [0.1, 0.15) is 43.2 Å². The van der Waals surface area contributed by atoms with E-state index >= 15 is 0 Å². The summed E-state index contributed by atoms with van der Waals surface area (Å²) in [5, 5.41) is 30.8. The molecule has 3 aromatic rings. The van der Waals surface area contributed by atoms with Crippen molar-refractivity contribution in [1.29, 1.82) is 5.26 Å². The van der Waals surface area contributed by atoms with Crippen molar-refractivity contribution in [2.45, 2.75) is 39.0 Å². The third-order valence-corrected chi connectivity index (χ3v) is 6.01. The maximum Gasteiger partial charge on any atom is 0.228 e. The molecular formula is C23H27N7O. The average Bonchev–Trinajstić information content (AvgIpc) is 3.30. The average molecular weight is 418 g/mol. The number of aliphatic hydroxyl groups is 1. The molecule has 8 nitrogen and oxygen atoms in total. The minimum Gasteiger partial charge on any atom is -0.395 e. The van der Waals surface area contributed by atoms with Gasteiger partial charge in [-0.25, -0.2) is 9.97 Å². The highest BCUT2D eigenvalue weighted by molar-refractivity contribution is 5.76. The van der Waals surface area contributed by atoms with Crippen LogP contribution in [0.3, 0.4) is 0 Å². The van der Waals surface area contributed by atoms with Gasteiger partial charge in [-0.05, 0) is 36.6 Å². The molecule has 3 heterocycles. The largest absolute Gasteiger partial charge is 0.395 e. The van der Waals surface area contributed by atoms with Crippen LogP contribution in [0, 0.1) is 11.3 Å². The van der Waals surface area contributed by atoms with Crippen LogP contribution in [-0.4, -0.2) is 38.0 Å². The topological polar surface area (TPSA) is 112 Å². The number of hydrogen-bond acceptors (Lipinski definition) is 7. The molecule has 0 amide bonds. The standard InChI is InChI=1S/C23H27N7O/c1-5-16-18(6-2)29-30(4)21(16)28-22-25-8-7-19(27-22)14-9-15(11-24)20-17(10-14)23(3,13-31)12-26-20/h7-10,26,31H,5-6,12-13H2,1-4H3,(H,25,27,28). The third kappa shape index (κ3) is 3.51. The van der Waals surface area contributed by atoms with E-state index in [4.69, 9.17) is 4.98 Å². The molecule has 4 rings (SSSR count). The van der Waals surface area contributed by atoms with E-state index in [2.05, 4.69) is 40.6 Å². The molecule has 8 heteroatoms. The summed E-state index contributed by atoms with van der Waals surface area (Å²) in [5.41, 5.74) is 5.59. The van der Waals surface area contributed by atoms with Crippen molar-refractivity contribution >= 4 is 17.5 Å². The van der Waals surface area contributed by atoms with Crippen LogP contribution < -0.4 is 10.6 Å². The highest BCUT2D eigenvalue weighted by atomic mass is 16.3. The number of aryl methyl sites for hydroxylation is 2. The first-order chi connectivity index (χ1) is 14.9. The monoisotopic (exact) mass is 417 g/mol. The van der Waals surface area contributed by atoms with Crippen molar-refractivity contribution < 1.29 is 5.11 Å². The van der Waals surface area contributed by atoms with E-state index in [1.165, 1.54) is 0 Å². The lowest BCUT2D eigenvalue weighted by Crippen LogP contribution is -2.28. The first kappa shape index (κ1) is 20.8. The number of aliphatic hydroxyl groups excluding tert-OH is 1. The Morgan fingerprint density at radius 2 is 2.13 bits per heavy atom. The highest BCUT2D eigenvalue weighted by Crippen LogP contribution is 2.41. The number of fused-ring (bicyclic) bond motifs is 1. The first-order valence-corrected chi connectivity index (χ1v) is 10.5. The summed E-state index contributed by atoms with van der Waals surface area (Å²) in [4.78, 5) is 9.10. The number of aromatic nitrogens is 4. The summed E-state index contributed by atoms with van der Waals surface area (Å²) in [5.74, 6) is 1.36. The smallest absolute Gasteiger partial charge is 0.228 e. The number of nitriles is 1. The van der Waals surface area contributed by atoms with Gasteiger partial charge < -0.3 is 15.7 Å². The van der Waals surface area contributed by atoms with E-state index in [1.54, 1.807) is 6.20 Å². The van der Waals surface area contributed by atoms with Gasteiger partial charge in [-0.3, -0.25) is 4.68 Å². The van der Waals surface area contributed by atoms with E-state index in [9.17, 15) is 10.4 Å². The molecule has 1 unspecified atom stereocenters. The first-order valence-electron chi connectivity index (χ1n) is 10.5. The number of anilines is 3. The summed E-state index contributed by atoms with van der Waals surface area (Å²) < 4.78 is 1.83. The Morgan fingerprint density at radius 3 is 2.81 bits per heavy atom. The third-order valence-electron chi connectivity index (χ3n) is 6.01. The fourth-order valence-corrected chi connectivity index (χ4v) is 4.19. The Bertz CT molecular complexity index is 1180. The molecule has 0 aliphatic carbocycles. The van der Waals surface area contributed by atoms with Crippen molar-refractivity contribution in [3.8, 4) is 17.3 Å². The Hall–Kier alpha value is -3.44. The molecule has 0 spiro atoms. The Morgan fingerprint density at radius 1 is 1.32 bits per heavy atom. The summed E-state index contributed by atoms with van der Waals surface area (Å²) >= 11 is 0. The molecule has 1 aliphatic rings. The van der Waals surface area contributed by atoms with Crippen LogP contribution in [-0.2, 0) is 25.3 Å². The predicted molar refractivity (Wildman–Crippen MR) is 120 cm³/mol. The Labute approximate surface area is 182 Å². The van der Waals surface area contributed by atoms with E-state index in [0.29, 0.717) is 23.8 Å². The SMILES string of the molecule is CCc1nn(C)c(Nc2nccc(-c3cc(C#N)c4c(c3)C(C)(CO)CN4)n2)c1CC. The zero-order valence-corrected chi connectivity index (χ0v) is 18.3. The van der Waals surface area contributed by atoms with Gasteiger partial charge in [0.2, 0.25) is 5.95 Å². The fourth-order valence-electron chi connectivity index (χ4n) is 4.19. The highest BCUT2D eigenvalue weighted by Gasteiger charge is 2.36. The normalized spacial score (nSPS) is 17.2. The van der Waals surface area contributed by atoms with Crippen LogP contribution in [0.5, 0.6) is 0 Å². The van der Waals surface area contributed by atoms with Crippen molar-refractivity contribution in [2.75, 3.05) is 23.8 Å². The van der Waals surface area contributed by atoms with Crippen molar-refractivity contribution in [2.24, 2.45) is 7.05 Å². The molecular weight excluding hydrogens is 390 g/mol. The molecule has 2 aromatic heterocycles. The van der Waals surface area contributed by atoms with E-state index in [1.807, 2.05) is 36.9 Å². The number of rotatable bonds is 6. The second kappa shape index (κ2) is 8.00. The van der Waals surface area contributed by atoms with E-state index < -0.39 is 5.41 Å². The molecule has 1 atom stereocenters. The molecule has 0 saturated carbocycles. The zero-order valence-electron chi connectivity index (χ0n) is 18.3. The maximum atomic E-state index is 9.94. The zero-order chi connectivity index (χ0) is 22.2. The van der Waals surface area contributed by atoms with Crippen molar-refractivity contribution in [3.05, 3.63) is 46.8 Å².